The Balaban J connectivity index is 1.23. The Kier molecular flexibility index (Phi) is 3.15. The van der Waals surface area contributed by atoms with Crippen LogP contribution in [0.4, 0.5) is 0 Å². The number of hydrogen-bond donors (Lipinski definition) is 1. The first kappa shape index (κ1) is 17.3. The highest BCUT2D eigenvalue weighted by Gasteiger charge is 2.73. The zero-order chi connectivity index (χ0) is 19.5. The Morgan fingerprint density at radius 3 is 2.72 bits per heavy atom. The van der Waals surface area contributed by atoms with E-state index in [1.54, 1.807) is 0 Å². The minimum atomic E-state index is -0.120. The molecule has 29 heavy (non-hydrogen) atoms. The summed E-state index contributed by atoms with van der Waals surface area (Å²) in [5, 5.41) is 3.66. The van der Waals surface area contributed by atoms with Crippen molar-refractivity contribution >= 4 is 5.91 Å². The van der Waals surface area contributed by atoms with Gasteiger partial charge in [0.15, 0.2) is 0 Å². The van der Waals surface area contributed by atoms with Crippen molar-refractivity contribution < 1.29 is 4.79 Å². The van der Waals surface area contributed by atoms with Crippen LogP contribution in [0.5, 0.6) is 0 Å². The van der Waals surface area contributed by atoms with Gasteiger partial charge in [-0.15, -0.1) is 0 Å². The van der Waals surface area contributed by atoms with Crippen LogP contribution in [0, 0.1) is 22.7 Å². The van der Waals surface area contributed by atoms with Gasteiger partial charge in [-0.25, -0.2) is 0 Å². The van der Waals surface area contributed by atoms with Gasteiger partial charge < -0.3 is 5.32 Å². The van der Waals surface area contributed by atoms with Crippen LogP contribution in [0.1, 0.15) is 70.3 Å². The lowest BCUT2D eigenvalue weighted by atomic mass is 9.38. The molecule has 7 fully saturated rings. The summed E-state index contributed by atoms with van der Waals surface area (Å²) in [6.45, 7) is 4.75. The van der Waals surface area contributed by atoms with E-state index in [1.807, 2.05) is 0 Å². The van der Waals surface area contributed by atoms with Crippen LogP contribution in [0.15, 0.2) is 30.3 Å². The first-order chi connectivity index (χ1) is 14.0. The standard InChI is InChI=1S/C26H34N2O/c1-2-23-10-18-11-24(15-23,19-6-4-3-5-7-19)17-25(12-18,16-23)22(29)27-21-14-28-9-8-20-13-26(20,21)28/h3-7,18,20-21H,2,8-17H2,1H3,(H,27,29)/t18?,20?,21-,23-,24-,25?,26?/m1/s1. The Hall–Kier alpha value is -1.35. The molecule has 8 rings (SSSR count). The summed E-state index contributed by atoms with van der Waals surface area (Å²) in [5.41, 5.74) is 2.38. The molecule has 2 aliphatic heterocycles. The predicted molar refractivity (Wildman–Crippen MR) is 113 cm³/mol. The molecule has 1 amide bonds. The molecule has 7 atom stereocenters. The van der Waals surface area contributed by atoms with Crippen molar-refractivity contribution in [3.8, 4) is 0 Å². The number of amides is 1. The van der Waals surface area contributed by atoms with E-state index in [-0.39, 0.29) is 10.8 Å². The molecule has 2 heterocycles. The second-order valence-electron chi connectivity index (χ2n) is 11.9. The third kappa shape index (κ3) is 2.06. The zero-order valence-electron chi connectivity index (χ0n) is 17.8. The first-order valence-electron chi connectivity index (χ1n) is 12.1. The van der Waals surface area contributed by atoms with E-state index >= 15 is 0 Å². The van der Waals surface area contributed by atoms with E-state index in [1.165, 1.54) is 50.6 Å². The molecule has 1 N–H and O–H groups in total. The number of benzene rings is 1. The van der Waals surface area contributed by atoms with Gasteiger partial charge in [-0.2, -0.15) is 0 Å². The molecule has 2 saturated heterocycles. The molecule has 1 aromatic rings. The number of carbonyl (C=O) groups is 1. The summed E-state index contributed by atoms with van der Waals surface area (Å²) >= 11 is 0. The van der Waals surface area contributed by atoms with E-state index in [0.717, 1.165) is 37.6 Å². The van der Waals surface area contributed by atoms with E-state index in [4.69, 9.17) is 0 Å². The van der Waals surface area contributed by atoms with Crippen molar-refractivity contribution in [1.82, 2.24) is 10.2 Å². The smallest absolute Gasteiger partial charge is 0.226 e. The van der Waals surface area contributed by atoms with Crippen LogP contribution < -0.4 is 5.32 Å². The molecule has 3 heteroatoms. The minimum Gasteiger partial charge on any atom is -0.350 e. The van der Waals surface area contributed by atoms with Crippen molar-refractivity contribution in [1.29, 1.82) is 0 Å². The lowest BCUT2D eigenvalue weighted by Crippen LogP contribution is -2.70. The Labute approximate surface area is 174 Å². The molecule has 4 bridgehead atoms. The van der Waals surface area contributed by atoms with Crippen LogP contribution in [0.3, 0.4) is 0 Å². The normalized spacial score (nSPS) is 51.3. The van der Waals surface area contributed by atoms with Gasteiger partial charge in [0.2, 0.25) is 5.91 Å². The fourth-order valence-corrected chi connectivity index (χ4v) is 9.65. The van der Waals surface area contributed by atoms with Gasteiger partial charge in [0.1, 0.15) is 0 Å². The van der Waals surface area contributed by atoms with Crippen LogP contribution in [0.2, 0.25) is 0 Å². The SMILES string of the molecule is CC[C@]12CC3CC(C(=O)N[C@@H]4CN5CCC6CC645)(C1)C[C@@](c1ccccc1)(C3)C2. The maximum Gasteiger partial charge on any atom is 0.226 e. The molecule has 1 spiro atoms. The number of carbonyl (C=O) groups excluding carboxylic acids is 1. The van der Waals surface area contributed by atoms with E-state index < -0.39 is 0 Å². The summed E-state index contributed by atoms with van der Waals surface area (Å²) in [6.07, 6.45) is 11.2. The summed E-state index contributed by atoms with van der Waals surface area (Å²) in [5.74, 6) is 2.03. The van der Waals surface area contributed by atoms with E-state index in [9.17, 15) is 4.79 Å². The zero-order valence-corrected chi connectivity index (χ0v) is 17.8. The minimum absolute atomic E-state index is 0.120. The van der Waals surface area contributed by atoms with Gasteiger partial charge in [-0.1, -0.05) is 43.7 Å². The second-order valence-corrected chi connectivity index (χ2v) is 11.9. The fourth-order valence-electron chi connectivity index (χ4n) is 9.65. The van der Waals surface area contributed by atoms with Crippen LogP contribution >= 0.6 is 0 Å². The lowest BCUT2D eigenvalue weighted by molar-refractivity contribution is -0.165. The number of piperidine rings is 1. The van der Waals surface area contributed by atoms with Crippen molar-refractivity contribution in [2.75, 3.05) is 13.1 Å². The van der Waals surface area contributed by atoms with Crippen molar-refractivity contribution in [2.24, 2.45) is 22.7 Å². The quantitative estimate of drug-likeness (QED) is 0.833. The summed E-state index contributed by atoms with van der Waals surface area (Å²) in [7, 11) is 0. The highest BCUT2D eigenvalue weighted by atomic mass is 16.2. The molecule has 5 aliphatic carbocycles. The van der Waals surface area contributed by atoms with E-state index in [2.05, 4.69) is 47.5 Å². The van der Waals surface area contributed by atoms with Crippen molar-refractivity contribution in [3.05, 3.63) is 35.9 Å². The van der Waals surface area contributed by atoms with Crippen LogP contribution in [-0.2, 0) is 10.2 Å². The third-order valence-electron chi connectivity index (χ3n) is 10.6. The van der Waals surface area contributed by atoms with E-state index in [0.29, 0.717) is 22.9 Å². The Bertz CT molecular complexity index is 884. The van der Waals surface area contributed by atoms with Crippen molar-refractivity contribution in [2.45, 2.75) is 81.7 Å². The molecule has 3 nitrogen and oxygen atoms in total. The van der Waals surface area contributed by atoms with Gasteiger partial charge in [-0.3, -0.25) is 9.69 Å². The number of rotatable bonds is 4. The lowest BCUT2D eigenvalue weighted by Gasteiger charge is -2.66. The van der Waals surface area contributed by atoms with Crippen LogP contribution in [0.25, 0.3) is 0 Å². The number of hydrogen-bond acceptors (Lipinski definition) is 2. The summed E-state index contributed by atoms with van der Waals surface area (Å²) in [4.78, 5) is 16.6. The van der Waals surface area contributed by atoms with Crippen LogP contribution in [-0.4, -0.2) is 35.5 Å². The molecule has 4 unspecified atom stereocenters. The summed E-state index contributed by atoms with van der Waals surface area (Å²) < 4.78 is 0. The second kappa shape index (κ2) is 5.28. The molecule has 154 valence electrons. The molecular formula is C26H34N2O. The molecule has 0 aromatic heterocycles. The third-order valence-corrected chi connectivity index (χ3v) is 10.6. The highest BCUT2D eigenvalue weighted by Crippen LogP contribution is 2.71. The molecular weight excluding hydrogens is 356 g/mol. The van der Waals surface area contributed by atoms with Gasteiger partial charge in [-0.05, 0) is 86.1 Å². The van der Waals surface area contributed by atoms with Gasteiger partial charge in [0.25, 0.3) is 0 Å². The average molecular weight is 391 g/mol. The topological polar surface area (TPSA) is 32.3 Å². The van der Waals surface area contributed by atoms with Gasteiger partial charge in [0, 0.05) is 12.1 Å². The number of nitrogens with one attached hydrogen (secondary N) is 1. The Morgan fingerprint density at radius 1 is 1.10 bits per heavy atom. The maximum absolute atomic E-state index is 14.0. The van der Waals surface area contributed by atoms with Gasteiger partial charge in [0.05, 0.1) is 11.5 Å². The largest absolute Gasteiger partial charge is 0.350 e. The monoisotopic (exact) mass is 390 g/mol. The highest BCUT2D eigenvalue weighted by molar-refractivity contribution is 5.84. The van der Waals surface area contributed by atoms with Gasteiger partial charge >= 0.3 is 0 Å². The Morgan fingerprint density at radius 2 is 1.97 bits per heavy atom. The molecule has 0 radical (unpaired) electrons. The maximum atomic E-state index is 14.0. The molecule has 5 saturated carbocycles. The molecule has 1 aromatic carbocycles. The fraction of sp³-hybridized carbons (Fsp3) is 0.731. The average Bonchev–Trinajstić information content (AvgIpc) is 3.41. The predicted octanol–water partition coefficient (Wildman–Crippen LogP) is 4.27. The summed E-state index contributed by atoms with van der Waals surface area (Å²) in [6, 6.07) is 11.7. The van der Waals surface area contributed by atoms with Crippen molar-refractivity contribution in [3.63, 3.8) is 0 Å². The molecule has 7 aliphatic rings. The number of nitrogens with zero attached hydrogens (tertiary/aromatic N) is 1. The first-order valence-corrected chi connectivity index (χ1v) is 12.1.